The molecule has 2 nitrogen and oxygen atoms in total. The molecule has 66 valence electrons. The van der Waals surface area contributed by atoms with Crippen molar-refractivity contribution >= 4 is 24.8 Å². The molecule has 0 amide bonds. The summed E-state index contributed by atoms with van der Waals surface area (Å²) in [5, 5.41) is 16.7. The zero-order valence-electron chi connectivity index (χ0n) is 6.12. The van der Waals surface area contributed by atoms with Gasteiger partial charge in [0.05, 0.1) is 0 Å². The quantitative estimate of drug-likeness (QED) is 0.524. The second-order valence-corrected chi connectivity index (χ2v) is 1.98. The van der Waals surface area contributed by atoms with Crippen molar-refractivity contribution in [2.75, 3.05) is 0 Å². The summed E-state index contributed by atoms with van der Waals surface area (Å²) in [6, 6.07) is 0. The van der Waals surface area contributed by atoms with Gasteiger partial charge in [0.25, 0.3) is 0 Å². The van der Waals surface area contributed by atoms with Crippen LogP contribution in [-0.4, -0.2) is 16.5 Å². The van der Waals surface area contributed by atoms with Gasteiger partial charge in [-0.25, -0.2) is 0 Å². The van der Waals surface area contributed by atoms with Crippen LogP contribution in [0.25, 0.3) is 0 Å². The summed E-state index contributed by atoms with van der Waals surface area (Å²) in [6.45, 7) is 2.09. The average Bonchev–Trinajstić information content (AvgIpc) is 1.66. The molecule has 0 atom stereocenters. The van der Waals surface area contributed by atoms with Crippen LogP contribution in [0.4, 0.5) is 0 Å². The summed E-state index contributed by atoms with van der Waals surface area (Å²) < 4.78 is 0. The van der Waals surface area contributed by atoms with Crippen molar-refractivity contribution in [3.63, 3.8) is 0 Å². The van der Waals surface area contributed by atoms with Crippen LogP contribution < -0.4 is 0 Å². The smallest absolute Gasteiger partial charge is 0.151 e. The summed E-state index contributed by atoms with van der Waals surface area (Å²) in [7, 11) is 0. The minimum atomic E-state index is -1.10. The van der Waals surface area contributed by atoms with E-state index in [1.807, 2.05) is 0 Å². The van der Waals surface area contributed by atoms with Crippen molar-refractivity contribution in [3.05, 3.63) is 0 Å². The van der Waals surface area contributed by atoms with Gasteiger partial charge in [0.2, 0.25) is 0 Å². The van der Waals surface area contributed by atoms with E-state index < -0.39 is 6.29 Å². The highest BCUT2D eigenvalue weighted by Gasteiger charge is 1.93. The van der Waals surface area contributed by atoms with Crippen LogP contribution in [0, 0.1) is 0 Å². The average molecular weight is 191 g/mol. The van der Waals surface area contributed by atoms with Gasteiger partial charge in [-0.15, -0.1) is 24.8 Å². The lowest BCUT2D eigenvalue weighted by atomic mass is 10.2. The molecule has 0 aromatic heterocycles. The van der Waals surface area contributed by atoms with Crippen LogP contribution >= 0.6 is 24.8 Å². The van der Waals surface area contributed by atoms with Gasteiger partial charge in [-0.1, -0.05) is 19.8 Å². The Bertz CT molecular complexity index is 51.0. The molecular formula is C6H16Cl2O2. The lowest BCUT2D eigenvalue weighted by Gasteiger charge is -1.99. The van der Waals surface area contributed by atoms with Crippen molar-refractivity contribution < 1.29 is 10.2 Å². The molecule has 0 saturated heterocycles. The molecule has 2 N–H and O–H groups in total. The summed E-state index contributed by atoms with van der Waals surface area (Å²) in [5.41, 5.74) is 0. The van der Waals surface area contributed by atoms with Crippen LogP contribution in [0.1, 0.15) is 32.6 Å². The zero-order valence-corrected chi connectivity index (χ0v) is 7.75. The van der Waals surface area contributed by atoms with Gasteiger partial charge in [0.1, 0.15) is 0 Å². The Kier molecular flexibility index (Phi) is 20.6. The third kappa shape index (κ3) is 15.8. The van der Waals surface area contributed by atoms with Gasteiger partial charge in [-0.3, -0.25) is 0 Å². The van der Waals surface area contributed by atoms with Gasteiger partial charge in [-0.05, 0) is 12.8 Å². The fourth-order valence-corrected chi connectivity index (χ4v) is 0.577. The molecule has 0 aliphatic heterocycles. The monoisotopic (exact) mass is 190 g/mol. The minimum absolute atomic E-state index is 0. The number of hydrogen-bond donors (Lipinski definition) is 2. The molecule has 0 saturated carbocycles. The maximum atomic E-state index is 8.33. The van der Waals surface area contributed by atoms with Crippen molar-refractivity contribution in [2.45, 2.75) is 38.9 Å². The molecule has 0 fully saturated rings. The fourth-order valence-electron chi connectivity index (χ4n) is 0.577. The Labute approximate surface area is 74.5 Å². The highest BCUT2D eigenvalue weighted by molar-refractivity contribution is 5.85. The number of halogens is 2. The second-order valence-electron chi connectivity index (χ2n) is 1.98. The second kappa shape index (κ2) is 12.2. The Balaban J connectivity index is -0.000000245. The lowest BCUT2D eigenvalue weighted by molar-refractivity contribution is -0.0465. The van der Waals surface area contributed by atoms with Crippen molar-refractivity contribution in [1.29, 1.82) is 0 Å². The topological polar surface area (TPSA) is 40.5 Å². The van der Waals surface area contributed by atoms with Gasteiger partial charge >= 0.3 is 0 Å². The molecule has 0 unspecified atom stereocenters. The maximum Gasteiger partial charge on any atom is 0.151 e. The van der Waals surface area contributed by atoms with Crippen molar-refractivity contribution in [3.8, 4) is 0 Å². The number of aliphatic hydroxyl groups excluding tert-OH is 1. The van der Waals surface area contributed by atoms with Gasteiger partial charge < -0.3 is 10.2 Å². The highest BCUT2D eigenvalue weighted by Crippen LogP contribution is 1.99. The van der Waals surface area contributed by atoms with Gasteiger partial charge in [-0.2, -0.15) is 0 Å². The number of hydrogen-bond acceptors (Lipinski definition) is 2. The summed E-state index contributed by atoms with van der Waals surface area (Å²) >= 11 is 0. The van der Waals surface area contributed by atoms with E-state index in [1.54, 1.807) is 0 Å². The van der Waals surface area contributed by atoms with E-state index in [9.17, 15) is 0 Å². The van der Waals surface area contributed by atoms with Gasteiger partial charge in [0.15, 0.2) is 6.29 Å². The van der Waals surface area contributed by atoms with E-state index in [0.29, 0.717) is 6.42 Å². The van der Waals surface area contributed by atoms with Crippen LogP contribution in [0.3, 0.4) is 0 Å². The standard InChI is InChI=1S/C6H14O2.2ClH/c1-2-3-4-5-6(7)8;;/h6-8H,2-5H2,1H3;2*1H. The normalized spacial score (nSPS) is 8.40. The molecule has 10 heavy (non-hydrogen) atoms. The molecule has 0 aromatic rings. The van der Waals surface area contributed by atoms with Crippen LogP contribution in [0.2, 0.25) is 0 Å². The molecule has 0 spiro atoms. The van der Waals surface area contributed by atoms with E-state index >= 15 is 0 Å². The first-order valence-corrected chi connectivity index (χ1v) is 3.13. The van der Waals surface area contributed by atoms with E-state index in [1.165, 1.54) is 0 Å². The first kappa shape index (κ1) is 16.8. The summed E-state index contributed by atoms with van der Waals surface area (Å²) in [5.74, 6) is 0. The van der Waals surface area contributed by atoms with E-state index in [2.05, 4.69) is 6.92 Å². The highest BCUT2D eigenvalue weighted by atomic mass is 35.5. The molecule has 0 radical (unpaired) electrons. The summed E-state index contributed by atoms with van der Waals surface area (Å²) in [4.78, 5) is 0. The molecule has 0 rings (SSSR count). The molecule has 0 bridgehead atoms. The molecule has 0 aromatic carbocycles. The van der Waals surface area contributed by atoms with Gasteiger partial charge in [0, 0.05) is 0 Å². The molecule has 4 heteroatoms. The number of aliphatic hydroxyl groups is 2. The van der Waals surface area contributed by atoms with Crippen molar-refractivity contribution in [2.24, 2.45) is 0 Å². The van der Waals surface area contributed by atoms with E-state index in [0.717, 1.165) is 19.3 Å². The third-order valence-corrected chi connectivity index (χ3v) is 1.07. The number of rotatable bonds is 4. The third-order valence-electron chi connectivity index (χ3n) is 1.07. The maximum absolute atomic E-state index is 8.33. The molecular weight excluding hydrogens is 175 g/mol. The molecule has 0 aliphatic carbocycles. The van der Waals surface area contributed by atoms with Crippen LogP contribution in [-0.2, 0) is 0 Å². The lowest BCUT2D eigenvalue weighted by Crippen LogP contribution is -2.02. The Hall–Kier alpha value is 0.500. The minimum Gasteiger partial charge on any atom is -0.368 e. The summed E-state index contributed by atoms with van der Waals surface area (Å²) in [6.07, 6.45) is 2.58. The van der Waals surface area contributed by atoms with Crippen LogP contribution in [0.15, 0.2) is 0 Å². The Morgan fingerprint density at radius 1 is 1.10 bits per heavy atom. The number of unbranched alkanes of at least 4 members (excludes halogenated alkanes) is 2. The zero-order chi connectivity index (χ0) is 6.41. The SMILES string of the molecule is CCCCCC(O)O.Cl.Cl. The molecule has 0 heterocycles. The van der Waals surface area contributed by atoms with Crippen molar-refractivity contribution in [1.82, 2.24) is 0 Å². The first-order chi connectivity index (χ1) is 3.77. The Morgan fingerprint density at radius 2 is 1.60 bits per heavy atom. The Morgan fingerprint density at radius 3 is 1.90 bits per heavy atom. The first-order valence-electron chi connectivity index (χ1n) is 3.13. The molecule has 0 aliphatic rings. The largest absolute Gasteiger partial charge is 0.368 e. The predicted molar refractivity (Wildman–Crippen MR) is 46.9 cm³/mol. The predicted octanol–water partition coefficient (Wildman–Crippen LogP) is 1.72. The van der Waals surface area contributed by atoms with E-state index in [4.69, 9.17) is 10.2 Å². The van der Waals surface area contributed by atoms with E-state index in [-0.39, 0.29) is 24.8 Å². The van der Waals surface area contributed by atoms with Crippen LogP contribution in [0.5, 0.6) is 0 Å². The fraction of sp³-hybridized carbons (Fsp3) is 1.00.